The Balaban J connectivity index is 0.00000320. The molecule has 0 fully saturated rings. The van der Waals surface area contributed by atoms with Crippen LogP contribution in [-0.4, -0.2) is 43.6 Å². The Kier molecular flexibility index (Phi) is 9.84. The molecule has 0 unspecified atom stereocenters. The normalized spacial score (nSPS) is 11.4. The third-order valence-corrected chi connectivity index (χ3v) is 4.57. The van der Waals surface area contributed by atoms with Gasteiger partial charge < -0.3 is 19.6 Å². The molecule has 3 rings (SSSR count). The highest BCUT2D eigenvalue weighted by Gasteiger charge is 2.04. The second-order valence-corrected chi connectivity index (χ2v) is 6.90. The van der Waals surface area contributed by atoms with Gasteiger partial charge in [-0.1, -0.05) is 6.92 Å². The molecule has 0 aliphatic heterocycles. The fourth-order valence-electron chi connectivity index (χ4n) is 3.10. The lowest BCUT2D eigenvalue weighted by atomic mass is 10.4. The number of aromatic nitrogens is 5. The van der Waals surface area contributed by atoms with Crippen LogP contribution in [0.3, 0.4) is 0 Å². The molecule has 0 amide bonds. The molecule has 2 N–H and O–H groups in total. The third-order valence-electron chi connectivity index (χ3n) is 4.57. The predicted molar refractivity (Wildman–Crippen MR) is 127 cm³/mol. The molecular weight excluding hydrogens is 495 g/mol. The molecule has 0 aliphatic rings. The summed E-state index contributed by atoms with van der Waals surface area (Å²) >= 11 is 0. The van der Waals surface area contributed by atoms with Gasteiger partial charge in [-0.15, -0.1) is 34.2 Å². The zero-order chi connectivity index (χ0) is 20.5. The van der Waals surface area contributed by atoms with Crippen LogP contribution in [0.1, 0.15) is 36.3 Å². The van der Waals surface area contributed by atoms with Crippen LogP contribution in [0.15, 0.2) is 40.2 Å². The lowest BCUT2D eigenvalue weighted by Crippen LogP contribution is -2.39. The number of halogens is 1. The number of nitrogens with zero attached hydrogens (tertiary/aromatic N) is 6. The van der Waals surface area contributed by atoms with Crippen LogP contribution in [-0.2, 0) is 26.1 Å². The Bertz CT molecular complexity index is 900. The quantitative estimate of drug-likeness (QED) is 0.183. The summed E-state index contributed by atoms with van der Waals surface area (Å²) in [6.45, 7) is 9.86. The Morgan fingerprint density at radius 3 is 2.73 bits per heavy atom. The van der Waals surface area contributed by atoms with E-state index in [0.29, 0.717) is 6.54 Å². The van der Waals surface area contributed by atoms with E-state index in [1.54, 1.807) is 12.6 Å². The van der Waals surface area contributed by atoms with E-state index in [1.807, 2.05) is 23.7 Å². The summed E-state index contributed by atoms with van der Waals surface area (Å²) in [6.07, 6.45) is 5.25. The van der Waals surface area contributed by atoms with E-state index in [0.717, 1.165) is 62.3 Å². The zero-order valence-corrected chi connectivity index (χ0v) is 20.2. The maximum absolute atomic E-state index is 5.38. The van der Waals surface area contributed by atoms with Crippen molar-refractivity contribution < 1.29 is 4.42 Å². The molecule has 9 nitrogen and oxygen atoms in total. The van der Waals surface area contributed by atoms with Crippen LogP contribution in [0, 0.1) is 13.8 Å². The molecule has 30 heavy (non-hydrogen) atoms. The van der Waals surface area contributed by atoms with Crippen molar-refractivity contribution in [1.82, 2.24) is 35.2 Å². The van der Waals surface area contributed by atoms with Gasteiger partial charge in [-0.3, -0.25) is 4.68 Å². The summed E-state index contributed by atoms with van der Waals surface area (Å²) in [4.78, 5) is 4.63. The van der Waals surface area contributed by atoms with Crippen molar-refractivity contribution in [2.24, 2.45) is 4.99 Å². The highest BCUT2D eigenvalue weighted by molar-refractivity contribution is 14.0. The lowest BCUT2D eigenvalue weighted by Gasteiger charge is -2.13. The van der Waals surface area contributed by atoms with Gasteiger partial charge in [-0.2, -0.15) is 5.10 Å². The van der Waals surface area contributed by atoms with E-state index < -0.39 is 0 Å². The van der Waals surface area contributed by atoms with E-state index in [2.05, 4.69) is 55.4 Å². The van der Waals surface area contributed by atoms with Crippen molar-refractivity contribution in [3.8, 4) is 0 Å². The van der Waals surface area contributed by atoms with E-state index in [9.17, 15) is 0 Å². The van der Waals surface area contributed by atoms with Gasteiger partial charge in [0, 0.05) is 38.3 Å². The number of hydrogen-bond acceptors (Lipinski definition) is 5. The number of aryl methyl sites for hydroxylation is 4. The Morgan fingerprint density at radius 2 is 2.03 bits per heavy atom. The van der Waals surface area contributed by atoms with Crippen molar-refractivity contribution in [2.75, 3.05) is 13.1 Å². The van der Waals surface area contributed by atoms with Gasteiger partial charge in [0.2, 0.25) is 0 Å². The van der Waals surface area contributed by atoms with Crippen molar-refractivity contribution >= 4 is 29.9 Å². The minimum absolute atomic E-state index is 0. The van der Waals surface area contributed by atoms with E-state index in [-0.39, 0.29) is 24.0 Å². The number of hydrogen-bond donors (Lipinski definition) is 2. The van der Waals surface area contributed by atoms with Crippen LogP contribution < -0.4 is 10.6 Å². The van der Waals surface area contributed by atoms with Crippen LogP contribution in [0.5, 0.6) is 0 Å². The molecule has 3 heterocycles. The molecule has 0 atom stereocenters. The zero-order valence-electron chi connectivity index (χ0n) is 17.8. The van der Waals surface area contributed by atoms with Crippen molar-refractivity contribution in [2.45, 2.75) is 53.2 Å². The maximum Gasteiger partial charge on any atom is 0.191 e. The second kappa shape index (κ2) is 12.4. The van der Waals surface area contributed by atoms with Crippen LogP contribution >= 0.6 is 24.0 Å². The summed E-state index contributed by atoms with van der Waals surface area (Å²) in [5.74, 6) is 2.58. The van der Waals surface area contributed by atoms with Gasteiger partial charge in [-0.25, -0.2) is 4.99 Å². The summed E-state index contributed by atoms with van der Waals surface area (Å²) in [5, 5.41) is 19.4. The van der Waals surface area contributed by atoms with Crippen molar-refractivity contribution in [3.63, 3.8) is 0 Å². The van der Waals surface area contributed by atoms with Crippen LogP contribution in [0.25, 0.3) is 0 Å². The van der Waals surface area contributed by atoms with E-state index in [4.69, 9.17) is 4.42 Å². The first-order valence-corrected chi connectivity index (χ1v) is 10.1. The topological polar surface area (TPSA) is 98.1 Å². The average Bonchev–Trinajstić information content (AvgIpc) is 3.44. The largest absolute Gasteiger partial charge is 0.467 e. The number of nitrogens with one attached hydrogen (secondary N) is 2. The van der Waals surface area contributed by atoms with Crippen LogP contribution in [0.4, 0.5) is 0 Å². The molecule has 3 aromatic heterocycles. The van der Waals surface area contributed by atoms with Gasteiger partial charge in [-0.05, 0) is 38.5 Å². The van der Waals surface area contributed by atoms with E-state index in [1.165, 1.54) is 5.69 Å². The first-order valence-electron chi connectivity index (χ1n) is 10.1. The predicted octanol–water partition coefficient (Wildman–Crippen LogP) is 2.69. The number of furan rings is 1. The van der Waals surface area contributed by atoms with Crippen molar-refractivity contribution in [1.29, 1.82) is 0 Å². The lowest BCUT2D eigenvalue weighted by molar-refractivity contribution is 0.511. The van der Waals surface area contributed by atoms with Gasteiger partial charge in [0.15, 0.2) is 5.96 Å². The van der Waals surface area contributed by atoms with E-state index >= 15 is 0 Å². The Labute approximate surface area is 194 Å². The molecule has 0 spiro atoms. The molecule has 0 saturated carbocycles. The molecule has 0 bridgehead atoms. The molecular formula is C20H31IN8O. The molecule has 0 aliphatic carbocycles. The minimum Gasteiger partial charge on any atom is -0.467 e. The van der Waals surface area contributed by atoms with Gasteiger partial charge in [0.25, 0.3) is 0 Å². The first-order chi connectivity index (χ1) is 14.2. The van der Waals surface area contributed by atoms with Crippen LogP contribution in [0.2, 0.25) is 0 Å². The molecule has 0 saturated heterocycles. The van der Waals surface area contributed by atoms with Gasteiger partial charge in [0.05, 0.1) is 12.0 Å². The first kappa shape index (κ1) is 23.9. The maximum atomic E-state index is 5.38. The monoisotopic (exact) mass is 526 g/mol. The molecule has 0 radical (unpaired) electrons. The Hall–Kier alpha value is -2.37. The van der Waals surface area contributed by atoms with Gasteiger partial charge in [0.1, 0.15) is 24.5 Å². The number of guanidine groups is 1. The second-order valence-electron chi connectivity index (χ2n) is 6.90. The van der Waals surface area contributed by atoms with Gasteiger partial charge >= 0.3 is 0 Å². The SMILES string of the molecule is CCc1nncn1CCNC(=NCc1ccco1)NCCCn1nc(C)cc1C.I. The highest BCUT2D eigenvalue weighted by atomic mass is 127. The summed E-state index contributed by atoms with van der Waals surface area (Å²) < 4.78 is 9.48. The molecule has 10 heteroatoms. The number of aliphatic imine (C=N–C) groups is 1. The minimum atomic E-state index is 0. The third kappa shape index (κ3) is 7.15. The molecule has 3 aromatic rings. The fourth-order valence-corrected chi connectivity index (χ4v) is 3.10. The number of rotatable bonds is 10. The standard InChI is InChI=1S/C20H30N8O.HI/c1-4-19-25-24-15-27(19)11-9-22-20(23-14-18-7-5-12-29-18)21-8-6-10-28-17(3)13-16(2)26-28;/h5,7,12-13,15H,4,6,8-11,14H2,1-3H3,(H2,21,22,23);1H. The molecule has 0 aromatic carbocycles. The average molecular weight is 526 g/mol. The summed E-state index contributed by atoms with van der Waals surface area (Å²) in [6, 6.07) is 5.90. The summed E-state index contributed by atoms with van der Waals surface area (Å²) in [7, 11) is 0. The summed E-state index contributed by atoms with van der Waals surface area (Å²) in [5.41, 5.74) is 2.24. The fraction of sp³-hybridized carbons (Fsp3) is 0.500. The highest BCUT2D eigenvalue weighted by Crippen LogP contribution is 2.03. The van der Waals surface area contributed by atoms with Crippen molar-refractivity contribution in [3.05, 3.63) is 53.8 Å². The smallest absolute Gasteiger partial charge is 0.191 e. The Morgan fingerprint density at radius 1 is 1.20 bits per heavy atom. The molecule has 164 valence electrons.